The van der Waals surface area contributed by atoms with Crippen molar-refractivity contribution in [3.05, 3.63) is 64.2 Å². The van der Waals surface area contributed by atoms with Gasteiger partial charge in [-0.2, -0.15) is 0 Å². The van der Waals surface area contributed by atoms with E-state index in [1.54, 1.807) is 25.2 Å². The summed E-state index contributed by atoms with van der Waals surface area (Å²) in [6.45, 7) is 1.83. The third kappa shape index (κ3) is 4.27. The van der Waals surface area contributed by atoms with E-state index in [1.807, 2.05) is 6.92 Å². The van der Waals surface area contributed by atoms with E-state index >= 15 is 0 Å². The lowest BCUT2D eigenvalue weighted by Crippen LogP contribution is -2.43. The lowest BCUT2D eigenvalue weighted by Gasteiger charge is -2.22. The molecule has 0 aliphatic carbocycles. The Kier molecular flexibility index (Phi) is 5.34. The number of carbonyl (C=O) groups is 1. The van der Waals surface area contributed by atoms with E-state index in [9.17, 15) is 13.6 Å². The largest absolute Gasteiger partial charge is 0.320 e. The molecule has 23 heavy (non-hydrogen) atoms. The minimum atomic E-state index is -0.905. The van der Waals surface area contributed by atoms with Crippen LogP contribution in [0.3, 0.4) is 0 Å². The maximum absolute atomic E-state index is 13.2. The Morgan fingerprint density at radius 3 is 2.39 bits per heavy atom. The van der Waals surface area contributed by atoms with E-state index in [0.717, 1.165) is 11.6 Å². The van der Waals surface area contributed by atoms with Gasteiger partial charge in [0.2, 0.25) is 5.91 Å². The van der Waals surface area contributed by atoms with Gasteiger partial charge in [-0.05, 0) is 54.8 Å². The Morgan fingerprint density at radius 1 is 1.22 bits per heavy atom. The molecule has 6 heteroatoms. The van der Waals surface area contributed by atoms with Gasteiger partial charge in [-0.1, -0.05) is 11.6 Å². The minimum Gasteiger partial charge on any atom is -0.320 e. The number of hydrogen-bond acceptors (Lipinski definition) is 2. The van der Waals surface area contributed by atoms with Gasteiger partial charge in [0.15, 0.2) is 0 Å². The molecule has 0 radical (unpaired) electrons. The molecule has 0 saturated heterocycles. The Labute approximate surface area is 138 Å². The topological polar surface area (TPSA) is 46.3 Å². The first-order valence-corrected chi connectivity index (χ1v) is 7.40. The second-order valence-electron chi connectivity index (χ2n) is 5.42. The Morgan fingerprint density at radius 2 is 1.83 bits per heavy atom. The Bertz CT molecular complexity index is 716. The molecule has 1 atom stereocenters. The number of halogens is 3. The summed E-state index contributed by atoms with van der Waals surface area (Å²) in [6, 6.07) is 7.39. The lowest BCUT2D eigenvalue weighted by molar-refractivity contribution is -0.119. The molecule has 0 aliphatic heterocycles. The molecule has 0 heterocycles. The predicted octanol–water partition coefficient (Wildman–Crippen LogP) is 3.46. The van der Waals surface area contributed by atoms with Gasteiger partial charge in [-0.25, -0.2) is 8.78 Å². The van der Waals surface area contributed by atoms with Crippen molar-refractivity contribution >= 4 is 23.2 Å². The Balaban J connectivity index is 2.13. The maximum atomic E-state index is 13.2. The summed E-state index contributed by atoms with van der Waals surface area (Å²) in [5.41, 5.74) is 7.72. The van der Waals surface area contributed by atoms with Crippen LogP contribution in [-0.2, 0) is 11.2 Å². The van der Waals surface area contributed by atoms with Crippen molar-refractivity contribution in [1.82, 2.24) is 0 Å². The van der Waals surface area contributed by atoms with Crippen LogP contribution in [0.5, 0.6) is 0 Å². The van der Waals surface area contributed by atoms with Crippen LogP contribution in [0.2, 0.25) is 5.02 Å². The molecule has 2 N–H and O–H groups in total. The van der Waals surface area contributed by atoms with Crippen molar-refractivity contribution in [3.63, 3.8) is 0 Å². The highest BCUT2D eigenvalue weighted by molar-refractivity contribution is 6.31. The van der Waals surface area contributed by atoms with Crippen molar-refractivity contribution in [2.45, 2.75) is 19.4 Å². The SMILES string of the molecule is Cc1cc(N(C)C(=O)[C@@H](N)Cc2cc(F)cc(F)c2)ccc1Cl. The second kappa shape index (κ2) is 7.06. The molecule has 0 bridgehead atoms. The van der Waals surface area contributed by atoms with Crippen molar-refractivity contribution < 1.29 is 13.6 Å². The van der Waals surface area contributed by atoms with Crippen molar-refractivity contribution in [2.24, 2.45) is 5.73 Å². The second-order valence-corrected chi connectivity index (χ2v) is 5.83. The minimum absolute atomic E-state index is 0.0461. The van der Waals surface area contributed by atoms with Crippen LogP contribution < -0.4 is 10.6 Å². The lowest BCUT2D eigenvalue weighted by atomic mass is 10.0. The zero-order valence-corrected chi connectivity index (χ0v) is 13.6. The fraction of sp³-hybridized carbons (Fsp3) is 0.235. The third-order valence-electron chi connectivity index (χ3n) is 3.55. The van der Waals surface area contributed by atoms with E-state index in [4.69, 9.17) is 17.3 Å². The fourth-order valence-corrected chi connectivity index (χ4v) is 2.40. The third-order valence-corrected chi connectivity index (χ3v) is 3.98. The summed E-state index contributed by atoms with van der Waals surface area (Å²) >= 11 is 5.97. The number of benzene rings is 2. The van der Waals surface area contributed by atoms with Gasteiger partial charge in [0.05, 0.1) is 6.04 Å². The summed E-state index contributed by atoms with van der Waals surface area (Å²) in [5, 5.41) is 0.606. The van der Waals surface area contributed by atoms with Gasteiger partial charge in [0.25, 0.3) is 0 Å². The van der Waals surface area contributed by atoms with Crippen LogP contribution in [0.15, 0.2) is 36.4 Å². The number of likely N-dealkylation sites (N-methyl/N-ethyl adjacent to an activating group) is 1. The number of hydrogen-bond donors (Lipinski definition) is 1. The highest BCUT2D eigenvalue weighted by atomic mass is 35.5. The number of carbonyl (C=O) groups excluding carboxylic acids is 1. The fourth-order valence-electron chi connectivity index (χ4n) is 2.28. The smallest absolute Gasteiger partial charge is 0.243 e. The van der Waals surface area contributed by atoms with Gasteiger partial charge in [-0.3, -0.25) is 4.79 Å². The standard InChI is InChI=1S/C17H17ClF2N2O/c1-10-5-14(3-4-15(10)18)22(2)17(23)16(21)8-11-6-12(19)9-13(20)7-11/h3-7,9,16H,8,21H2,1-2H3/t16-/m0/s1. The van der Waals surface area contributed by atoms with Crippen LogP contribution in [0.25, 0.3) is 0 Å². The number of anilines is 1. The average Bonchev–Trinajstić information content (AvgIpc) is 2.47. The van der Waals surface area contributed by atoms with Gasteiger partial charge in [0.1, 0.15) is 11.6 Å². The number of amides is 1. The number of nitrogens with zero attached hydrogens (tertiary/aromatic N) is 1. The first-order valence-electron chi connectivity index (χ1n) is 7.02. The maximum Gasteiger partial charge on any atom is 0.243 e. The number of aryl methyl sites for hydroxylation is 1. The quantitative estimate of drug-likeness (QED) is 0.928. The van der Waals surface area contributed by atoms with Crippen LogP contribution >= 0.6 is 11.6 Å². The zero-order valence-electron chi connectivity index (χ0n) is 12.8. The van der Waals surface area contributed by atoms with E-state index < -0.39 is 17.7 Å². The summed E-state index contributed by atoms with van der Waals surface area (Å²) < 4.78 is 26.4. The summed E-state index contributed by atoms with van der Waals surface area (Å²) in [5.74, 6) is -1.74. The van der Waals surface area contributed by atoms with E-state index in [2.05, 4.69) is 0 Å². The van der Waals surface area contributed by atoms with Crippen LogP contribution in [0.1, 0.15) is 11.1 Å². The molecule has 3 nitrogen and oxygen atoms in total. The molecule has 0 aliphatic rings. The number of rotatable bonds is 4. The summed E-state index contributed by atoms with van der Waals surface area (Å²) in [4.78, 5) is 13.8. The van der Waals surface area contributed by atoms with Crippen LogP contribution in [0.4, 0.5) is 14.5 Å². The molecular weight excluding hydrogens is 322 g/mol. The van der Waals surface area contributed by atoms with E-state index in [-0.39, 0.29) is 12.3 Å². The van der Waals surface area contributed by atoms with Crippen molar-refractivity contribution in [3.8, 4) is 0 Å². The summed E-state index contributed by atoms with van der Waals surface area (Å²) in [7, 11) is 1.59. The normalized spacial score (nSPS) is 12.1. The van der Waals surface area contributed by atoms with Gasteiger partial charge in [0, 0.05) is 23.8 Å². The zero-order chi connectivity index (χ0) is 17.1. The van der Waals surface area contributed by atoms with Crippen molar-refractivity contribution in [1.29, 1.82) is 0 Å². The average molecular weight is 339 g/mol. The molecule has 2 rings (SSSR count). The molecule has 1 amide bonds. The molecule has 0 saturated carbocycles. The molecule has 0 fully saturated rings. The Hall–Kier alpha value is -1.98. The van der Waals surface area contributed by atoms with Crippen LogP contribution in [-0.4, -0.2) is 19.0 Å². The first-order chi connectivity index (χ1) is 10.8. The molecule has 0 aromatic heterocycles. The first kappa shape index (κ1) is 17.4. The van der Waals surface area contributed by atoms with Crippen LogP contribution in [0, 0.1) is 18.6 Å². The van der Waals surface area contributed by atoms with Gasteiger partial charge in [-0.15, -0.1) is 0 Å². The van der Waals surface area contributed by atoms with Gasteiger partial charge < -0.3 is 10.6 Å². The van der Waals surface area contributed by atoms with Gasteiger partial charge >= 0.3 is 0 Å². The molecule has 2 aromatic rings. The molecule has 122 valence electrons. The molecular formula is C17H17ClF2N2O. The highest BCUT2D eigenvalue weighted by Crippen LogP contribution is 2.22. The summed E-state index contributed by atoms with van der Waals surface area (Å²) in [6.07, 6.45) is 0.0461. The van der Waals surface area contributed by atoms with E-state index in [0.29, 0.717) is 16.3 Å². The van der Waals surface area contributed by atoms with E-state index in [1.165, 1.54) is 17.0 Å². The molecule has 2 aromatic carbocycles. The number of nitrogens with two attached hydrogens (primary N) is 1. The monoisotopic (exact) mass is 338 g/mol. The predicted molar refractivity (Wildman–Crippen MR) is 87.6 cm³/mol. The molecule has 0 spiro atoms. The van der Waals surface area contributed by atoms with Crippen molar-refractivity contribution in [2.75, 3.05) is 11.9 Å². The molecule has 0 unspecified atom stereocenters. The highest BCUT2D eigenvalue weighted by Gasteiger charge is 2.20.